The van der Waals surface area contributed by atoms with Crippen molar-refractivity contribution in [3.8, 4) is 0 Å². The van der Waals surface area contributed by atoms with Crippen molar-refractivity contribution in [1.82, 2.24) is 4.98 Å². The standard InChI is InChI=1S/C18H20N4/c19-18(22-15-8-2-1-3-9-15)20-12-6-7-14-13-21-17-11-5-4-10-16(14)17/h1-5,8-11,13,21H,6-7,12H2,(H3,19,20,22). The molecule has 0 aliphatic carbocycles. The predicted octanol–water partition coefficient (Wildman–Crippen LogP) is 3.53. The van der Waals surface area contributed by atoms with Crippen LogP contribution in [0.25, 0.3) is 10.9 Å². The summed E-state index contributed by atoms with van der Waals surface area (Å²) in [5.41, 5.74) is 9.37. The van der Waals surface area contributed by atoms with Gasteiger partial charge in [-0.05, 0) is 36.6 Å². The van der Waals surface area contributed by atoms with Crippen molar-refractivity contribution >= 4 is 22.5 Å². The Kier molecular flexibility index (Phi) is 4.39. The van der Waals surface area contributed by atoms with Gasteiger partial charge in [0.1, 0.15) is 0 Å². The largest absolute Gasteiger partial charge is 0.370 e. The summed E-state index contributed by atoms with van der Waals surface area (Å²) < 4.78 is 0. The number of anilines is 1. The Balaban J connectivity index is 1.51. The van der Waals surface area contributed by atoms with E-state index >= 15 is 0 Å². The third kappa shape index (κ3) is 3.47. The van der Waals surface area contributed by atoms with E-state index in [1.807, 2.05) is 36.4 Å². The van der Waals surface area contributed by atoms with E-state index in [0.29, 0.717) is 12.5 Å². The van der Waals surface area contributed by atoms with Gasteiger partial charge in [-0.15, -0.1) is 0 Å². The zero-order chi connectivity index (χ0) is 15.2. The molecule has 0 amide bonds. The van der Waals surface area contributed by atoms with Crippen LogP contribution in [0.3, 0.4) is 0 Å². The minimum absolute atomic E-state index is 0.463. The second kappa shape index (κ2) is 6.80. The van der Waals surface area contributed by atoms with Crippen LogP contribution in [0.4, 0.5) is 5.69 Å². The number of aromatic nitrogens is 1. The van der Waals surface area contributed by atoms with Crippen LogP contribution in [0.1, 0.15) is 12.0 Å². The second-order valence-electron chi connectivity index (χ2n) is 5.22. The van der Waals surface area contributed by atoms with Crippen molar-refractivity contribution in [2.45, 2.75) is 12.8 Å². The Bertz CT molecular complexity index is 759. The Morgan fingerprint density at radius 1 is 1.05 bits per heavy atom. The van der Waals surface area contributed by atoms with Crippen LogP contribution in [0, 0.1) is 0 Å². The normalized spacial score (nSPS) is 11.7. The first-order valence-electron chi connectivity index (χ1n) is 7.50. The van der Waals surface area contributed by atoms with E-state index in [0.717, 1.165) is 18.5 Å². The molecular formula is C18H20N4. The maximum absolute atomic E-state index is 5.89. The van der Waals surface area contributed by atoms with Gasteiger partial charge in [-0.3, -0.25) is 4.99 Å². The van der Waals surface area contributed by atoms with Crippen LogP contribution in [0.5, 0.6) is 0 Å². The van der Waals surface area contributed by atoms with Gasteiger partial charge in [0.2, 0.25) is 0 Å². The predicted molar refractivity (Wildman–Crippen MR) is 93.2 cm³/mol. The molecule has 0 saturated carbocycles. The summed E-state index contributed by atoms with van der Waals surface area (Å²) in [4.78, 5) is 7.67. The van der Waals surface area contributed by atoms with Crippen LogP contribution in [0.2, 0.25) is 0 Å². The first-order valence-corrected chi connectivity index (χ1v) is 7.50. The molecular weight excluding hydrogens is 272 g/mol. The van der Waals surface area contributed by atoms with E-state index in [1.54, 1.807) is 0 Å². The molecule has 2 aromatic carbocycles. The van der Waals surface area contributed by atoms with E-state index in [9.17, 15) is 0 Å². The maximum Gasteiger partial charge on any atom is 0.193 e. The molecule has 0 spiro atoms. The van der Waals surface area contributed by atoms with Crippen molar-refractivity contribution in [1.29, 1.82) is 0 Å². The number of H-pyrrole nitrogens is 1. The first-order chi connectivity index (χ1) is 10.8. The number of nitrogens with two attached hydrogens (primary N) is 1. The number of aliphatic imine (C=N–C) groups is 1. The number of nitrogens with zero attached hydrogens (tertiary/aromatic N) is 1. The molecule has 4 nitrogen and oxygen atoms in total. The Hall–Kier alpha value is -2.75. The number of aromatic amines is 1. The number of aryl methyl sites for hydroxylation is 1. The van der Waals surface area contributed by atoms with Crippen molar-refractivity contribution < 1.29 is 0 Å². The van der Waals surface area contributed by atoms with Crippen molar-refractivity contribution in [3.05, 3.63) is 66.4 Å². The van der Waals surface area contributed by atoms with E-state index in [4.69, 9.17) is 5.73 Å². The molecule has 0 aliphatic heterocycles. The zero-order valence-electron chi connectivity index (χ0n) is 12.4. The molecule has 3 aromatic rings. The Morgan fingerprint density at radius 3 is 2.68 bits per heavy atom. The number of benzene rings is 2. The van der Waals surface area contributed by atoms with E-state index in [-0.39, 0.29) is 0 Å². The molecule has 0 unspecified atom stereocenters. The molecule has 0 atom stereocenters. The van der Waals surface area contributed by atoms with E-state index < -0.39 is 0 Å². The average Bonchev–Trinajstić information content (AvgIpc) is 2.96. The Morgan fingerprint density at radius 2 is 1.82 bits per heavy atom. The summed E-state index contributed by atoms with van der Waals surface area (Å²) in [7, 11) is 0. The molecule has 4 N–H and O–H groups in total. The zero-order valence-corrected chi connectivity index (χ0v) is 12.4. The highest BCUT2D eigenvalue weighted by Crippen LogP contribution is 2.18. The highest BCUT2D eigenvalue weighted by molar-refractivity contribution is 5.92. The molecule has 0 bridgehead atoms. The average molecular weight is 292 g/mol. The third-order valence-corrected chi connectivity index (χ3v) is 3.61. The fraction of sp³-hybridized carbons (Fsp3) is 0.167. The second-order valence-corrected chi connectivity index (χ2v) is 5.22. The van der Waals surface area contributed by atoms with Crippen LogP contribution in [-0.2, 0) is 6.42 Å². The molecule has 4 heteroatoms. The SMILES string of the molecule is NC(=NCCCc1c[nH]c2ccccc12)Nc1ccccc1. The van der Waals surface area contributed by atoms with Crippen LogP contribution < -0.4 is 11.1 Å². The van der Waals surface area contributed by atoms with E-state index in [2.05, 4.69) is 39.7 Å². The van der Waals surface area contributed by atoms with Gasteiger partial charge in [-0.2, -0.15) is 0 Å². The smallest absolute Gasteiger partial charge is 0.193 e. The lowest BCUT2D eigenvalue weighted by Crippen LogP contribution is -2.22. The highest BCUT2D eigenvalue weighted by Gasteiger charge is 2.02. The van der Waals surface area contributed by atoms with Crippen LogP contribution in [0.15, 0.2) is 65.8 Å². The van der Waals surface area contributed by atoms with Crippen LogP contribution >= 0.6 is 0 Å². The molecule has 0 fully saturated rings. The quantitative estimate of drug-likeness (QED) is 0.382. The van der Waals surface area contributed by atoms with Crippen molar-refractivity contribution in [3.63, 3.8) is 0 Å². The van der Waals surface area contributed by atoms with E-state index in [1.165, 1.54) is 16.5 Å². The summed E-state index contributed by atoms with van der Waals surface area (Å²) in [6.07, 6.45) is 4.05. The third-order valence-electron chi connectivity index (χ3n) is 3.61. The number of fused-ring (bicyclic) bond motifs is 1. The van der Waals surface area contributed by atoms with Crippen molar-refractivity contribution in [2.24, 2.45) is 10.7 Å². The molecule has 1 aromatic heterocycles. The molecule has 112 valence electrons. The number of nitrogens with one attached hydrogen (secondary N) is 2. The summed E-state index contributed by atoms with van der Waals surface area (Å²) >= 11 is 0. The number of hydrogen-bond donors (Lipinski definition) is 3. The lowest BCUT2D eigenvalue weighted by atomic mass is 10.1. The van der Waals surface area contributed by atoms with Gasteiger partial charge >= 0.3 is 0 Å². The summed E-state index contributed by atoms with van der Waals surface area (Å²) in [5.74, 6) is 0.463. The van der Waals surface area contributed by atoms with Gasteiger partial charge in [0.25, 0.3) is 0 Å². The molecule has 3 rings (SSSR count). The topological polar surface area (TPSA) is 66.2 Å². The summed E-state index contributed by atoms with van der Waals surface area (Å²) in [6, 6.07) is 18.2. The molecule has 22 heavy (non-hydrogen) atoms. The molecule has 0 saturated heterocycles. The van der Waals surface area contributed by atoms with Gasteiger partial charge in [0.15, 0.2) is 5.96 Å². The van der Waals surface area contributed by atoms with Gasteiger partial charge < -0.3 is 16.0 Å². The highest BCUT2D eigenvalue weighted by atomic mass is 15.1. The maximum atomic E-state index is 5.89. The van der Waals surface area contributed by atoms with Gasteiger partial charge in [0.05, 0.1) is 0 Å². The lowest BCUT2D eigenvalue weighted by molar-refractivity contribution is 0.836. The van der Waals surface area contributed by atoms with Gasteiger partial charge in [-0.25, -0.2) is 0 Å². The fourth-order valence-electron chi connectivity index (χ4n) is 2.52. The minimum atomic E-state index is 0.463. The number of para-hydroxylation sites is 2. The lowest BCUT2D eigenvalue weighted by Gasteiger charge is -2.05. The van der Waals surface area contributed by atoms with Crippen molar-refractivity contribution in [2.75, 3.05) is 11.9 Å². The molecule has 1 heterocycles. The van der Waals surface area contributed by atoms with Gasteiger partial charge in [0, 0.05) is 29.3 Å². The Labute approximate surface area is 130 Å². The first kappa shape index (κ1) is 14.2. The number of hydrogen-bond acceptors (Lipinski definition) is 1. The molecule has 0 radical (unpaired) electrons. The fourth-order valence-corrected chi connectivity index (χ4v) is 2.52. The van der Waals surface area contributed by atoms with Crippen LogP contribution in [-0.4, -0.2) is 17.5 Å². The number of rotatable bonds is 5. The minimum Gasteiger partial charge on any atom is -0.370 e. The number of guanidine groups is 1. The monoisotopic (exact) mass is 292 g/mol. The molecule has 0 aliphatic rings. The summed E-state index contributed by atoms with van der Waals surface area (Å²) in [6.45, 7) is 0.713. The summed E-state index contributed by atoms with van der Waals surface area (Å²) in [5, 5.41) is 4.38. The van der Waals surface area contributed by atoms with Gasteiger partial charge in [-0.1, -0.05) is 36.4 Å².